The van der Waals surface area contributed by atoms with Crippen LogP contribution < -0.4 is 9.47 Å². The number of pyridine rings is 4. The van der Waals surface area contributed by atoms with Crippen LogP contribution in [0.1, 0.15) is 28.8 Å². The van der Waals surface area contributed by atoms with E-state index in [-0.39, 0.29) is 47.1 Å². The topological polar surface area (TPSA) is 73.3 Å². The number of hydrogen-bond donors (Lipinski definition) is 0. The SMILES string of the molecule is COc1cc(F)c(-c2cccc(C(c3cccc(-c4c(F)cc(OC)cc4F)n3)N(Cc3ccccn3)Cc3ccccn3)n2)c(F)c1. The Balaban J connectivity index is 1.54. The van der Waals surface area contributed by atoms with E-state index in [1.54, 1.807) is 48.8 Å². The Labute approximate surface area is 274 Å². The molecule has 0 aliphatic heterocycles. The van der Waals surface area contributed by atoms with Crippen molar-refractivity contribution >= 4 is 0 Å². The lowest BCUT2D eigenvalue weighted by atomic mass is 10.0. The second-order valence-corrected chi connectivity index (χ2v) is 10.8. The molecule has 0 saturated heterocycles. The summed E-state index contributed by atoms with van der Waals surface area (Å²) in [4.78, 5) is 20.5. The average molecular weight is 652 g/mol. The molecule has 6 aromatic rings. The molecule has 0 saturated carbocycles. The van der Waals surface area contributed by atoms with Gasteiger partial charge in [0.15, 0.2) is 0 Å². The van der Waals surface area contributed by atoms with E-state index in [1.165, 1.54) is 26.4 Å². The summed E-state index contributed by atoms with van der Waals surface area (Å²) < 4.78 is 71.1. The van der Waals surface area contributed by atoms with Crippen molar-refractivity contribution in [3.05, 3.63) is 156 Å². The molecule has 0 amide bonds. The van der Waals surface area contributed by atoms with Crippen LogP contribution in [0.4, 0.5) is 17.6 Å². The Hall–Kier alpha value is -5.68. The van der Waals surface area contributed by atoms with E-state index in [2.05, 4.69) is 9.97 Å². The predicted octanol–water partition coefficient (Wildman–Crippen LogP) is 7.97. The summed E-state index contributed by atoms with van der Waals surface area (Å²) in [7, 11) is 2.64. The van der Waals surface area contributed by atoms with Crippen LogP contribution in [0.15, 0.2) is 109 Å². The quantitative estimate of drug-likeness (QED) is 0.132. The van der Waals surface area contributed by atoms with Crippen molar-refractivity contribution < 1.29 is 27.0 Å². The first-order valence-corrected chi connectivity index (χ1v) is 14.9. The first kappa shape index (κ1) is 32.3. The first-order chi connectivity index (χ1) is 23.3. The summed E-state index contributed by atoms with van der Waals surface area (Å²) in [6.45, 7) is 0.548. The van der Waals surface area contributed by atoms with Gasteiger partial charge in [-0.1, -0.05) is 24.3 Å². The van der Waals surface area contributed by atoms with E-state index in [0.29, 0.717) is 22.8 Å². The number of rotatable bonds is 11. The molecule has 0 aliphatic rings. The molecule has 0 fully saturated rings. The Morgan fingerprint density at radius 3 is 1.33 bits per heavy atom. The Morgan fingerprint density at radius 1 is 0.562 bits per heavy atom. The third-order valence-corrected chi connectivity index (χ3v) is 7.66. The third kappa shape index (κ3) is 7.01. The molecule has 7 nitrogen and oxygen atoms in total. The van der Waals surface area contributed by atoms with Gasteiger partial charge in [-0.3, -0.25) is 24.8 Å². The van der Waals surface area contributed by atoms with Gasteiger partial charge in [-0.2, -0.15) is 0 Å². The van der Waals surface area contributed by atoms with Gasteiger partial charge in [0.25, 0.3) is 0 Å². The van der Waals surface area contributed by atoms with Gasteiger partial charge >= 0.3 is 0 Å². The average Bonchev–Trinajstić information content (AvgIpc) is 3.09. The number of halogens is 4. The van der Waals surface area contributed by atoms with Crippen molar-refractivity contribution in [1.82, 2.24) is 24.8 Å². The molecular weight excluding hydrogens is 622 g/mol. The zero-order valence-electron chi connectivity index (χ0n) is 25.9. The van der Waals surface area contributed by atoms with Crippen LogP contribution in [-0.4, -0.2) is 39.1 Å². The van der Waals surface area contributed by atoms with Crippen LogP contribution in [0, 0.1) is 23.3 Å². The summed E-state index contributed by atoms with van der Waals surface area (Å²) in [5, 5.41) is 0. The third-order valence-electron chi connectivity index (χ3n) is 7.66. The molecule has 48 heavy (non-hydrogen) atoms. The fraction of sp³-hybridized carbons (Fsp3) is 0.135. The molecule has 0 radical (unpaired) electrons. The first-order valence-electron chi connectivity index (χ1n) is 14.9. The molecule has 4 aromatic heterocycles. The molecule has 0 atom stereocenters. The lowest BCUT2D eigenvalue weighted by Crippen LogP contribution is -2.31. The lowest BCUT2D eigenvalue weighted by Gasteiger charge is -2.31. The van der Waals surface area contributed by atoms with E-state index < -0.39 is 29.3 Å². The van der Waals surface area contributed by atoms with Gasteiger partial charge < -0.3 is 9.47 Å². The smallest absolute Gasteiger partial charge is 0.139 e. The van der Waals surface area contributed by atoms with Gasteiger partial charge in [0.05, 0.1) is 65.6 Å². The van der Waals surface area contributed by atoms with E-state index in [9.17, 15) is 0 Å². The normalized spacial score (nSPS) is 11.2. The number of ether oxygens (including phenoxy) is 2. The van der Waals surface area contributed by atoms with Crippen molar-refractivity contribution in [1.29, 1.82) is 0 Å². The van der Waals surface area contributed by atoms with Crippen LogP contribution in [0.5, 0.6) is 11.5 Å². The highest BCUT2D eigenvalue weighted by Gasteiger charge is 2.28. The Kier molecular flexibility index (Phi) is 9.67. The zero-order chi connectivity index (χ0) is 33.6. The Bertz CT molecular complexity index is 1840. The summed E-state index contributed by atoms with van der Waals surface area (Å²) >= 11 is 0. The molecule has 4 heterocycles. The molecule has 0 spiro atoms. The number of aromatic nitrogens is 4. The van der Waals surface area contributed by atoms with Crippen LogP contribution in [-0.2, 0) is 13.1 Å². The van der Waals surface area contributed by atoms with Crippen LogP contribution in [0.3, 0.4) is 0 Å². The Morgan fingerprint density at radius 2 is 0.979 bits per heavy atom. The van der Waals surface area contributed by atoms with Crippen LogP contribution >= 0.6 is 0 Å². The van der Waals surface area contributed by atoms with Gasteiger partial charge in [0.2, 0.25) is 0 Å². The number of nitrogens with zero attached hydrogens (tertiary/aromatic N) is 5. The van der Waals surface area contributed by atoms with E-state index in [0.717, 1.165) is 24.3 Å². The van der Waals surface area contributed by atoms with Crippen molar-refractivity contribution in [3.63, 3.8) is 0 Å². The number of benzene rings is 2. The van der Waals surface area contributed by atoms with Crippen molar-refractivity contribution in [2.75, 3.05) is 14.2 Å². The van der Waals surface area contributed by atoms with E-state index in [1.807, 2.05) is 29.2 Å². The van der Waals surface area contributed by atoms with Crippen molar-refractivity contribution in [3.8, 4) is 34.0 Å². The van der Waals surface area contributed by atoms with E-state index in [4.69, 9.17) is 19.4 Å². The van der Waals surface area contributed by atoms with Gasteiger partial charge in [-0.15, -0.1) is 0 Å². The molecule has 2 aromatic carbocycles. The minimum absolute atomic E-state index is 0.0266. The van der Waals surface area contributed by atoms with Gasteiger partial charge in [-0.25, -0.2) is 17.6 Å². The number of methoxy groups -OCH3 is 2. The second-order valence-electron chi connectivity index (χ2n) is 10.8. The second kappa shape index (κ2) is 14.4. The highest BCUT2D eigenvalue weighted by atomic mass is 19.1. The van der Waals surface area contributed by atoms with Gasteiger partial charge in [-0.05, 0) is 48.5 Å². The summed E-state index contributed by atoms with van der Waals surface area (Å²) in [5.41, 5.74) is 1.57. The maximum absolute atomic E-state index is 15.3. The fourth-order valence-electron chi connectivity index (χ4n) is 5.47. The molecule has 0 N–H and O–H groups in total. The van der Waals surface area contributed by atoms with Gasteiger partial charge in [0.1, 0.15) is 34.8 Å². The van der Waals surface area contributed by atoms with Crippen LogP contribution in [0.2, 0.25) is 0 Å². The van der Waals surface area contributed by atoms with Crippen molar-refractivity contribution in [2.45, 2.75) is 19.1 Å². The molecule has 0 unspecified atom stereocenters. The summed E-state index contributed by atoms with van der Waals surface area (Å²) in [6.07, 6.45) is 3.34. The van der Waals surface area contributed by atoms with Crippen molar-refractivity contribution in [2.24, 2.45) is 0 Å². The fourth-order valence-corrected chi connectivity index (χ4v) is 5.47. The zero-order valence-corrected chi connectivity index (χ0v) is 25.9. The minimum Gasteiger partial charge on any atom is -0.497 e. The standard InChI is InChI=1S/C37H29F4N5O2/c1-47-25-17-27(38)35(28(39)18-25)31-11-7-13-33(44-31)37(46(21-23-9-3-5-15-42-23)22-24-10-4-6-16-43-24)34-14-8-12-32(45-34)36-29(40)19-26(48-2)20-30(36)41/h3-20,37H,21-22H2,1-2H3. The number of hydrogen-bond acceptors (Lipinski definition) is 7. The highest BCUT2D eigenvalue weighted by molar-refractivity contribution is 5.64. The molecule has 0 aliphatic carbocycles. The van der Waals surface area contributed by atoms with Crippen LogP contribution in [0.25, 0.3) is 22.5 Å². The minimum atomic E-state index is -0.850. The monoisotopic (exact) mass is 651 g/mol. The maximum atomic E-state index is 15.3. The van der Waals surface area contributed by atoms with Gasteiger partial charge in [0, 0.05) is 49.7 Å². The molecule has 0 bridgehead atoms. The molecule has 11 heteroatoms. The lowest BCUT2D eigenvalue weighted by molar-refractivity contribution is 0.195. The summed E-state index contributed by atoms with van der Waals surface area (Å²) in [6, 6.07) is 24.3. The largest absolute Gasteiger partial charge is 0.497 e. The maximum Gasteiger partial charge on any atom is 0.139 e. The predicted molar refractivity (Wildman–Crippen MR) is 172 cm³/mol. The van der Waals surface area contributed by atoms with E-state index >= 15 is 17.6 Å². The highest BCUT2D eigenvalue weighted by Crippen LogP contribution is 2.35. The molecular formula is C37H29F4N5O2. The molecule has 242 valence electrons. The summed E-state index contributed by atoms with van der Waals surface area (Å²) in [5.74, 6) is -3.35. The molecule has 6 rings (SSSR count).